The van der Waals surface area contributed by atoms with Gasteiger partial charge in [-0.3, -0.25) is 4.98 Å². The first-order valence-electron chi connectivity index (χ1n) is 5.40. The van der Waals surface area contributed by atoms with Crippen LogP contribution in [-0.2, 0) is 0 Å². The molecular weight excluding hydrogens is 214 g/mol. The van der Waals surface area contributed by atoms with Gasteiger partial charge < -0.3 is 10.5 Å². The smallest absolute Gasteiger partial charge is 0.241 e. The van der Waals surface area contributed by atoms with E-state index in [9.17, 15) is 0 Å². The van der Waals surface area contributed by atoms with Crippen molar-refractivity contribution in [3.05, 3.63) is 41.3 Å². The van der Waals surface area contributed by atoms with Gasteiger partial charge in [0.2, 0.25) is 5.88 Å². The Labute approximate surface area is 100 Å². The fourth-order valence-electron chi connectivity index (χ4n) is 1.48. The first-order valence-corrected chi connectivity index (χ1v) is 5.40. The second-order valence-electron chi connectivity index (χ2n) is 4.05. The Kier molecular flexibility index (Phi) is 2.95. The zero-order valence-electron chi connectivity index (χ0n) is 10.2. The summed E-state index contributed by atoms with van der Waals surface area (Å²) in [6.07, 6.45) is 1.71. The number of hydrogen-bond donors (Lipinski definition) is 1. The highest BCUT2D eigenvalue weighted by Gasteiger charge is 2.07. The molecule has 17 heavy (non-hydrogen) atoms. The minimum Gasteiger partial charge on any atom is -0.435 e. The van der Waals surface area contributed by atoms with Crippen LogP contribution in [0.2, 0.25) is 0 Å². The molecule has 1 aromatic carbocycles. The van der Waals surface area contributed by atoms with Crippen molar-refractivity contribution in [1.29, 1.82) is 0 Å². The molecule has 2 aromatic rings. The molecule has 0 bridgehead atoms. The van der Waals surface area contributed by atoms with Gasteiger partial charge in [-0.05, 0) is 38.5 Å². The Bertz CT molecular complexity index is 552. The lowest BCUT2D eigenvalue weighted by molar-refractivity contribution is 0.456. The number of nitrogens with two attached hydrogens (primary N) is 1. The van der Waals surface area contributed by atoms with Crippen molar-refractivity contribution in [3.8, 4) is 11.6 Å². The Balaban J connectivity index is 2.34. The van der Waals surface area contributed by atoms with Crippen molar-refractivity contribution in [1.82, 2.24) is 9.97 Å². The molecule has 0 fully saturated rings. The van der Waals surface area contributed by atoms with Gasteiger partial charge in [0.15, 0.2) is 5.75 Å². The fraction of sp³-hybridized carbons (Fsp3) is 0.231. The topological polar surface area (TPSA) is 61.0 Å². The van der Waals surface area contributed by atoms with Crippen LogP contribution in [0.4, 0.5) is 5.69 Å². The molecular formula is C13H15N3O. The summed E-state index contributed by atoms with van der Waals surface area (Å²) < 4.78 is 5.68. The number of aromatic nitrogens is 2. The minimum atomic E-state index is 0.501. The van der Waals surface area contributed by atoms with Crippen LogP contribution in [-0.4, -0.2) is 9.97 Å². The maximum absolute atomic E-state index is 5.88. The van der Waals surface area contributed by atoms with E-state index >= 15 is 0 Å². The number of aryl methyl sites for hydroxylation is 3. The largest absolute Gasteiger partial charge is 0.435 e. The van der Waals surface area contributed by atoms with Crippen LogP contribution in [0.5, 0.6) is 11.6 Å². The van der Waals surface area contributed by atoms with Gasteiger partial charge in [-0.1, -0.05) is 6.07 Å². The summed E-state index contributed by atoms with van der Waals surface area (Å²) in [5.74, 6) is 1.11. The van der Waals surface area contributed by atoms with Crippen LogP contribution in [0.15, 0.2) is 24.4 Å². The third kappa shape index (κ3) is 2.53. The van der Waals surface area contributed by atoms with Crippen LogP contribution in [0.1, 0.15) is 17.0 Å². The normalized spacial score (nSPS) is 10.3. The lowest BCUT2D eigenvalue weighted by Crippen LogP contribution is -1.98. The molecule has 0 radical (unpaired) electrons. The SMILES string of the molecule is Cc1ccc(Oc2nc(C)cnc2C)c(N)c1. The van der Waals surface area contributed by atoms with Crippen LogP contribution in [0.25, 0.3) is 0 Å². The van der Waals surface area contributed by atoms with E-state index in [0.717, 1.165) is 17.0 Å². The van der Waals surface area contributed by atoms with Crippen LogP contribution >= 0.6 is 0 Å². The maximum Gasteiger partial charge on any atom is 0.241 e. The Hall–Kier alpha value is -2.10. The van der Waals surface area contributed by atoms with Crippen LogP contribution in [0.3, 0.4) is 0 Å². The molecule has 0 atom stereocenters. The Morgan fingerprint density at radius 3 is 2.65 bits per heavy atom. The first-order chi connectivity index (χ1) is 8.06. The fourth-order valence-corrected chi connectivity index (χ4v) is 1.48. The van der Waals surface area contributed by atoms with E-state index in [2.05, 4.69) is 9.97 Å². The molecule has 0 amide bonds. The molecule has 0 aliphatic heterocycles. The summed E-state index contributed by atoms with van der Waals surface area (Å²) >= 11 is 0. The van der Waals surface area contributed by atoms with Gasteiger partial charge in [0.05, 0.1) is 17.1 Å². The zero-order valence-corrected chi connectivity index (χ0v) is 10.2. The summed E-state index contributed by atoms with van der Waals surface area (Å²) in [5, 5.41) is 0. The van der Waals surface area contributed by atoms with Gasteiger partial charge in [-0.2, -0.15) is 0 Å². The zero-order chi connectivity index (χ0) is 12.4. The molecule has 4 heteroatoms. The highest BCUT2D eigenvalue weighted by Crippen LogP contribution is 2.28. The third-order valence-electron chi connectivity index (χ3n) is 2.40. The van der Waals surface area contributed by atoms with Crippen molar-refractivity contribution >= 4 is 5.69 Å². The van der Waals surface area contributed by atoms with E-state index in [1.54, 1.807) is 6.20 Å². The van der Waals surface area contributed by atoms with E-state index in [0.29, 0.717) is 17.3 Å². The van der Waals surface area contributed by atoms with E-state index in [-0.39, 0.29) is 0 Å². The highest BCUT2D eigenvalue weighted by atomic mass is 16.5. The molecule has 0 unspecified atom stereocenters. The van der Waals surface area contributed by atoms with Gasteiger partial charge in [-0.15, -0.1) is 0 Å². The van der Waals surface area contributed by atoms with Crippen molar-refractivity contribution in [3.63, 3.8) is 0 Å². The van der Waals surface area contributed by atoms with Gasteiger partial charge in [0.25, 0.3) is 0 Å². The summed E-state index contributed by atoms with van der Waals surface area (Å²) in [4.78, 5) is 8.48. The number of hydrogen-bond acceptors (Lipinski definition) is 4. The number of anilines is 1. The molecule has 0 aliphatic rings. The first kappa shape index (κ1) is 11.4. The molecule has 0 saturated carbocycles. The van der Waals surface area contributed by atoms with Gasteiger partial charge in [0.1, 0.15) is 0 Å². The molecule has 0 aliphatic carbocycles. The quantitative estimate of drug-likeness (QED) is 0.804. The summed E-state index contributed by atoms with van der Waals surface area (Å²) in [6.45, 7) is 5.71. The monoisotopic (exact) mass is 229 g/mol. The average Bonchev–Trinajstić information content (AvgIpc) is 2.27. The average molecular weight is 229 g/mol. The van der Waals surface area contributed by atoms with Crippen molar-refractivity contribution in [2.45, 2.75) is 20.8 Å². The van der Waals surface area contributed by atoms with Crippen molar-refractivity contribution < 1.29 is 4.74 Å². The molecule has 1 heterocycles. The number of nitrogen functional groups attached to an aromatic ring is 1. The number of benzene rings is 1. The van der Waals surface area contributed by atoms with Crippen LogP contribution < -0.4 is 10.5 Å². The van der Waals surface area contributed by atoms with Gasteiger partial charge in [0, 0.05) is 6.20 Å². The number of rotatable bonds is 2. The second-order valence-corrected chi connectivity index (χ2v) is 4.05. The number of nitrogens with zero attached hydrogens (tertiary/aromatic N) is 2. The molecule has 2 rings (SSSR count). The van der Waals surface area contributed by atoms with Crippen molar-refractivity contribution in [2.75, 3.05) is 5.73 Å². The predicted molar refractivity (Wildman–Crippen MR) is 67.2 cm³/mol. The molecule has 88 valence electrons. The highest BCUT2D eigenvalue weighted by molar-refractivity contribution is 5.55. The van der Waals surface area contributed by atoms with E-state index < -0.39 is 0 Å². The van der Waals surface area contributed by atoms with Crippen molar-refractivity contribution in [2.24, 2.45) is 0 Å². The second kappa shape index (κ2) is 4.41. The van der Waals surface area contributed by atoms with Gasteiger partial charge >= 0.3 is 0 Å². The molecule has 1 aromatic heterocycles. The molecule has 0 saturated heterocycles. The lowest BCUT2D eigenvalue weighted by atomic mass is 10.2. The molecule has 0 spiro atoms. The summed E-state index contributed by atoms with van der Waals surface area (Å²) in [7, 11) is 0. The van der Waals surface area contributed by atoms with Crippen LogP contribution in [0, 0.1) is 20.8 Å². The number of ether oxygens (including phenoxy) is 1. The Morgan fingerprint density at radius 2 is 1.94 bits per heavy atom. The van der Waals surface area contributed by atoms with E-state index in [1.165, 1.54) is 0 Å². The lowest BCUT2D eigenvalue weighted by Gasteiger charge is -2.10. The Morgan fingerprint density at radius 1 is 1.18 bits per heavy atom. The molecule has 4 nitrogen and oxygen atoms in total. The predicted octanol–water partition coefficient (Wildman–Crippen LogP) is 2.78. The third-order valence-corrected chi connectivity index (χ3v) is 2.40. The van der Waals surface area contributed by atoms with E-state index in [4.69, 9.17) is 10.5 Å². The minimum absolute atomic E-state index is 0.501. The van der Waals surface area contributed by atoms with Gasteiger partial charge in [-0.25, -0.2) is 4.98 Å². The van der Waals surface area contributed by atoms with E-state index in [1.807, 2.05) is 39.0 Å². The summed E-state index contributed by atoms with van der Waals surface area (Å²) in [5.41, 5.74) is 9.15. The molecule has 2 N–H and O–H groups in total. The maximum atomic E-state index is 5.88. The summed E-state index contributed by atoms with van der Waals surface area (Å²) in [6, 6.07) is 5.66. The standard InChI is InChI=1S/C13H15N3O/c1-8-4-5-12(11(14)6-8)17-13-10(3)15-7-9(2)16-13/h4-7H,14H2,1-3H3.